The summed E-state index contributed by atoms with van der Waals surface area (Å²) in [4.78, 5) is 11.3. The van der Waals surface area contributed by atoms with Crippen LogP contribution in [0.4, 0.5) is 0 Å². The van der Waals surface area contributed by atoms with Gasteiger partial charge in [-0.3, -0.25) is 0 Å². The fourth-order valence-corrected chi connectivity index (χ4v) is 1.38. The van der Waals surface area contributed by atoms with Crippen molar-refractivity contribution in [3.63, 3.8) is 0 Å². The molecule has 15 heavy (non-hydrogen) atoms. The molecule has 0 saturated carbocycles. The van der Waals surface area contributed by atoms with Crippen molar-refractivity contribution in [1.29, 1.82) is 5.26 Å². The molecule has 78 valence electrons. The van der Waals surface area contributed by atoms with Crippen molar-refractivity contribution in [2.24, 2.45) is 0 Å². The summed E-state index contributed by atoms with van der Waals surface area (Å²) in [7, 11) is 2.68. The van der Waals surface area contributed by atoms with Crippen LogP contribution in [0, 0.1) is 11.3 Å². The molecule has 0 atom stereocenters. The average Bonchev–Trinajstić information content (AvgIpc) is 2.26. The first kappa shape index (κ1) is 11.3. The van der Waals surface area contributed by atoms with Crippen molar-refractivity contribution in [3.8, 4) is 11.8 Å². The van der Waals surface area contributed by atoms with Crippen molar-refractivity contribution >= 4 is 17.6 Å². The van der Waals surface area contributed by atoms with Crippen LogP contribution in [-0.2, 0) is 4.74 Å². The zero-order valence-corrected chi connectivity index (χ0v) is 8.96. The number of methoxy groups -OCH3 is 2. The molecule has 0 fully saturated rings. The second kappa shape index (κ2) is 4.67. The molecule has 1 aromatic carbocycles. The van der Waals surface area contributed by atoms with Crippen molar-refractivity contribution < 1.29 is 14.3 Å². The van der Waals surface area contributed by atoms with Gasteiger partial charge in [-0.2, -0.15) is 5.26 Å². The summed E-state index contributed by atoms with van der Waals surface area (Å²) in [6, 6.07) is 4.74. The minimum atomic E-state index is -0.640. The molecule has 0 radical (unpaired) electrons. The highest BCUT2D eigenvalue weighted by Crippen LogP contribution is 2.26. The molecule has 4 nitrogen and oxygen atoms in total. The van der Waals surface area contributed by atoms with E-state index in [2.05, 4.69) is 4.74 Å². The van der Waals surface area contributed by atoms with E-state index in [-0.39, 0.29) is 16.1 Å². The molecule has 0 spiro atoms. The van der Waals surface area contributed by atoms with Gasteiger partial charge >= 0.3 is 5.97 Å². The van der Waals surface area contributed by atoms with Gasteiger partial charge in [0.1, 0.15) is 11.8 Å². The molecule has 0 unspecified atom stereocenters. The third kappa shape index (κ3) is 2.20. The van der Waals surface area contributed by atoms with E-state index >= 15 is 0 Å². The standard InChI is InChI=1S/C10H8ClNO3/c1-14-7-3-6(5-12)9(8(11)4-7)10(13)15-2/h3-4H,1-2H3. The van der Waals surface area contributed by atoms with Crippen LogP contribution in [0.25, 0.3) is 0 Å². The maximum absolute atomic E-state index is 11.3. The number of carbonyl (C=O) groups is 1. The Morgan fingerprint density at radius 3 is 2.60 bits per heavy atom. The molecule has 0 aliphatic carbocycles. The van der Waals surface area contributed by atoms with Gasteiger partial charge in [-0.05, 0) is 12.1 Å². The lowest BCUT2D eigenvalue weighted by Crippen LogP contribution is -2.05. The monoisotopic (exact) mass is 225 g/mol. The fourth-order valence-electron chi connectivity index (χ4n) is 1.10. The second-order valence-corrected chi connectivity index (χ2v) is 3.04. The number of nitrogens with zero attached hydrogens (tertiary/aromatic N) is 1. The number of halogens is 1. The summed E-state index contributed by atoms with van der Waals surface area (Å²) in [6.07, 6.45) is 0. The van der Waals surface area contributed by atoms with Gasteiger partial charge in [-0.1, -0.05) is 11.6 Å². The maximum atomic E-state index is 11.3. The molecule has 0 bridgehead atoms. The smallest absolute Gasteiger partial charge is 0.340 e. The van der Waals surface area contributed by atoms with Crippen molar-refractivity contribution in [2.45, 2.75) is 0 Å². The summed E-state index contributed by atoms with van der Waals surface area (Å²) in [5.74, 6) is -0.219. The molecule has 5 heteroatoms. The Balaban J connectivity index is 3.39. The molecule has 0 aliphatic rings. The Hall–Kier alpha value is -1.73. The van der Waals surface area contributed by atoms with Gasteiger partial charge in [-0.15, -0.1) is 0 Å². The van der Waals surface area contributed by atoms with Gasteiger partial charge in [-0.25, -0.2) is 4.79 Å². The van der Waals surface area contributed by atoms with Gasteiger partial charge in [0, 0.05) is 0 Å². The van der Waals surface area contributed by atoms with Gasteiger partial charge in [0.05, 0.1) is 30.4 Å². The molecule has 0 heterocycles. The van der Waals surface area contributed by atoms with Crippen LogP contribution in [0.1, 0.15) is 15.9 Å². The molecular formula is C10H8ClNO3. The first-order valence-corrected chi connectivity index (χ1v) is 4.37. The first-order chi connectivity index (χ1) is 7.13. The van der Waals surface area contributed by atoms with E-state index in [9.17, 15) is 4.79 Å². The van der Waals surface area contributed by atoms with E-state index in [4.69, 9.17) is 21.6 Å². The lowest BCUT2D eigenvalue weighted by molar-refractivity contribution is 0.0600. The SMILES string of the molecule is COC(=O)c1c(Cl)cc(OC)cc1C#N. The summed E-state index contributed by atoms with van der Waals surface area (Å²) in [6.45, 7) is 0. The lowest BCUT2D eigenvalue weighted by atomic mass is 10.1. The Morgan fingerprint density at radius 2 is 2.13 bits per heavy atom. The number of esters is 1. The van der Waals surface area contributed by atoms with E-state index < -0.39 is 5.97 Å². The van der Waals surface area contributed by atoms with Crippen LogP contribution in [0.3, 0.4) is 0 Å². The van der Waals surface area contributed by atoms with Gasteiger partial charge in [0.15, 0.2) is 0 Å². The third-order valence-electron chi connectivity index (χ3n) is 1.81. The average molecular weight is 226 g/mol. The summed E-state index contributed by atoms with van der Waals surface area (Å²) < 4.78 is 9.44. The lowest BCUT2D eigenvalue weighted by Gasteiger charge is -2.06. The van der Waals surface area contributed by atoms with Crippen LogP contribution in [0.15, 0.2) is 12.1 Å². The fraction of sp³-hybridized carbons (Fsp3) is 0.200. The molecule has 0 N–H and O–H groups in total. The van der Waals surface area contributed by atoms with Crippen LogP contribution in [0.5, 0.6) is 5.75 Å². The van der Waals surface area contributed by atoms with Crippen molar-refractivity contribution in [1.82, 2.24) is 0 Å². The number of carbonyl (C=O) groups excluding carboxylic acids is 1. The number of hydrogen-bond acceptors (Lipinski definition) is 4. The largest absolute Gasteiger partial charge is 0.497 e. The predicted molar refractivity (Wildman–Crippen MR) is 54.1 cm³/mol. The normalized spacial score (nSPS) is 9.20. The predicted octanol–water partition coefficient (Wildman–Crippen LogP) is 2.01. The zero-order chi connectivity index (χ0) is 11.4. The molecule has 0 aliphatic heterocycles. The van der Waals surface area contributed by atoms with E-state index in [0.717, 1.165) is 0 Å². The number of hydrogen-bond donors (Lipinski definition) is 0. The van der Waals surface area contributed by atoms with E-state index in [1.807, 2.05) is 6.07 Å². The van der Waals surface area contributed by atoms with Crippen molar-refractivity contribution in [2.75, 3.05) is 14.2 Å². The maximum Gasteiger partial charge on any atom is 0.340 e. The van der Waals surface area contributed by atoms with E-state index in [1.165, 1.54) is 26.4 Å². The minimum Gasteiger partial charge on any atom is -0.497 e. The number of benzene rings is 1. The Morgan fingerprint density at radius 1 is 1.47 bits per heavy atom. The van der Waals surface area contributed by atoms with Crippen LogP contribution >= 0.6 is 11.6 Å². The van der Waals surface area contributed by atoms with E-state index in [1.54, 1.807) is 0 Å². The van der Waals surface area contributed by atoms with Crippen LogP contribution in [0.2, 0.25) is 5.02 Å². The molecule has 0 saturated heterocycles. The van der Waals surface area contributed by atoms with Crippen molar-refractivity contribution in [3.05, 3.63) is 28.3 Å². The number of nitriles is 1. The highest BCUT2D eigenvalue weighted by atomic mass is 35.5. The van der Waals surface area contributed by atoms with E-state index in [0.29, 0.717) is 5.75 Å². The highest BCUT2D eigenvalue weighted by molar-refractivity contribution is 6.34. The summed E-state index contributed by atoms with van der Waals surface area (Å²) in [5, 5.41) is 8.97. The quantitative estimate of drug-likeness (QED) is 0.723. The summed E-state index contributed by atoms with van der Waals surface area (Å²) >= 11 is 5.83. The molecule has 1 aromatic rings. The zero-order valence-electron chi connectivity index (χ0n) is 8.20. The topological polar surface area (TPSA) is 59.3 Å². The second-order valence-electron chi connectivity index (χ2n) is 2.64. The van der Waals surface area contributed by atoms with Crippen LogP contribution < -0.4 is 4.74 Å². The first-order valence-electron chi connectivity index (χ1n) is 4.00. The molecule has 0 amide bonds. The number of ether oxygens (including phenoxy) is 2. The minimum absolute atomic E-state index is 0.0578. The Labute approximate surface area is 92.0 Å². The van der Waals surface area contributed by atoms with Gasteiger partial charge in [0.25, 0.3) is 0 Å². The molecule has 0 aromatic heterocycles. The van der Waals surface area contributed by atoms with Gasteiger partial charge in [0.2, 0.25) is 0 Å². The Kier molecular flexibility index (Phi) is 3.53. The highest BCUT2D eigenvalue weighted by Gasteiger charge is 2.17. The molecular weight excluding hydrogens is 218 g/mol. The van der Waals surface area contributed by atoms with Gasteiger partial charge < -0.3 is 9.47 Å². The molecule has 1 rings (SSSR count). The van der Waals surface area contributed by atoms with Crippen LogP contribution in [-0.4, -0.2) is 20.2 Å². The third-order valence-corrected chi connectivity index (χ3v) is 2.11. The summed E-state index contributed by atoms with van der Waals surface area (Å²) in [5.41, 5.74) is 0.189. The number of rotatable bonds is 2. The Bertz CT molecular complexity index is 437.